The first kappa shape index (κ1) is 12.1. The van der Waals surface area contributed by atoms with Crippen molar-refractivity contribution < 1.29 is 8.78 Å². The minimum absolute atomic E-state index is 0.0541. The molecule has 0 atom stereocenters. The monoisotopic (exact) mass is 240 g/mol. The van der Waals surface area contributed by atoms with Gasteiger partial charge in [-0.1, -0.05) is 13.3 Å². The molecule has 0 bridgehead atoms. The summed E-state index contributed by atoms with van der Waals surface area (Å²) in [5.41, 5.74) is 5.68. The largest absolute Gasteiger partial charge is 0.399 e. The van der Waals surface area contributed by atoms with Crippen molar-refractivity contribution >= 4 is 11.4 Å². The lowest BCUT2D eigenvalue weighted by Gasteiger charge is -2.16. The van der Waals surface area contributed by atoms with Crippen LogP contribution in [0.25, 0.3) is 0 Å². The maximum absolute atomic E-state index is 13.5. The van der Waals surface area contributed by atoms with Crippen LogP contribution in [0.15, 0.2) is 12.1 Å². The van der Waals surface area contributed by atoms with Crippen LogP contribution in [-0.2, 0) is 0 Å². The van der Waals surface area contributed by atoms with Gasteiger partial charge < -0.3 is 11.1 Å². The van der Waals surface area contributed by atoms with E-state index < -0.39 is 11.6 Å². The molecule has 1 aliphatic carbocycles. The fraction of sp³-hybridized carbons (Fsp3) is 0.538. The number of nitrogen functional groups attached to an aromatic ring is 1. The normalized spacial score (nSPS) is 16.9. The van der Waals surface area contributed by atoms with E-state index in [1.807, 2.05) is 0 Å². The lowest BCUT2D eigenvalue weighted by Crippen LogP contribution is -2.17. The van der Waals surface area contributed by atoms with E-state index in [2.05, 4.69) is 12.2 Å². The molecule has 0 amide bonds. The van der Waals surface area contributed by atoms with E-state index in [0.29, 0.717) is 6.54 Å². The Morgan fingerprint density at radius 1 is 1.29 bits per heavy atom. The number of nitrogens with two attached hydrogens (primary N) is 1. The summed E-state index contributed by atoms with van der Waals surface area (Å²) in [6.07, 6.45) is 4.50. The zero-order chi connectivity index (χ0) is 12.5. The van der Waals surface area contributed by atoms with Crippen LogP contribution in [0.4, 0.5) is 20.2 Å². The highest BCUT2D eigenvalue weighted by molar-refractivity contribution is 5.54. The Balaban J connectivity index is 2.04. The highest BCUT2D eigenvalue weighted by atomic mass is 19.1. The Kier molecular flexibility index (Phi) is 3.22. The number of anilines is 2. The van der Waals surface area contributed by atoms with Crippen LogP contribution in [0.3, 0.4) is 0 Å². The molecule has 17 heavy (non-hydrogen) atoms. The summed E-state index contributed by atoms with van der Waals surface area (Å²) in [6, 6.07) is 2.29. The topological polar surface area (TPSA) is 38.0 Å². The average molecular weight is 240 g/mol. The highest BCUT2D eigenvalue weighted by Gasteiger charge is 2.41. The smallest absolute Gasteiger partial charge is 0.151 e. The molecule has 0 aliphatic heterocycles. The third-order valence-corrected chi connectivity index (χ3v) is 3.44. The van der Waals surface area contributed by atoms with Crippen molar-refractivity contribution in [2.75, 3.05) is 17.6 Å². The number of rotatable bonds is 5. The average Bonchev–Trinajstić information content (AvgIpc) is 2.97. The summed E-state index contributed by atoms with van der Waals surface area (Å²) < 4.78 is 27.0. The van der Waals surface area contributed by atoms with E-state index in [1.165, 1.54) is 0 Å². The van der Waals surface area contributed by atoms with E-state index >= 15 is 0 Å². The van der Waals surface area contributed by atoms with Crippen LogP contribution in [0.5, 0.6) is 0 Å². The predicted octanol–water partition coefficient (Wildman–Crippen LogP) is 3.54. The maximum Gasteiger partial charge on any atom is 0.151 e. The third kappa shape index (κ3) is 2.68. The molecule has 0 aromatic heterocycles. The van der Waals surface area contributed by atoms with Gasteiger partial charge in [0.15, 0.2) is 11.6 Å². The zero-order valence-corrected chi connectivity index (χ0v) is 10.0. The lowest BCUT2D eigenvalue weighted by molar-refractivity contribution is 0.482. The van der Waals surface area contributed by atoms with Gasteiger partial charge in [0.2, 0.25) is 0 Å². The lowest BCUT2D eigenvalue weighted by atomic mass is 10.0. The van der Waals surface area contributed by atoms with Gasteiger partial charge in [-0.3, -0.25) is 0 Å². The van der Waals surface area contributed by atoms with Gasteiger partial charge in [-0.05, 0) is 36.8 Å². The number of hydrogen-bond acceptors (Lipinski definition) is 2. The Hall–Kier alpha value is -1.32. The molecule has 0 saturated heterocycles. The molecule has 0 unspecified atom stereocenters. The first-order chi connectivity index (χ1) is 8.06. The first-order valence-electron chi connectivity index (χ1n) is 6.05. The van der Waals surface area contributed by atoms with Gasteiger partial charge in [0.1, 0.15) is 5.69 Å². The Morgan fingerprint density at radius 3 is 2.35 bits per heavy atom. The number of nitrogens with one attached hydrogen (secondary N) is 1. The minimum atomic E-state index is -0.616. The summed E-state index contributed by atoms with van der Waals surface area (Å²) >= 11 is 0. The second-order valence-corrected chi connectivity index (χ2v) is 4.96. The summed E-state index contributed by atoms with van der Waals surface area (Å²) in [4.78, 5) is 0. The molecule has 0 radical (unpaired) electrons. The van der Waals surface area contributed by atoms with Crippen LogP contribution >= 0.6 is 0 Å². The molecule has 0 spiro atoms. The third-order valence-electron chi connectivity index (χ3n) is 3.44. The number of benzene rings is 1. The molecule has 0 heterocycles. The highest BCUT2D eigenvalue weighted by Crippen LogP contribution is 2.49. The fourth-order valence-electron chi connectivity index (χ4n) is 2.26. The van der Waals surface area contributed by atoms with Crippen molar-refractivity contribution in [2.24, 2.45) is 5.41 Å². The van der Waals surface area contributed by atoms with Gasteiger partial charge in [0, 0.05) is 12.2 Å². The van der Waals surface area contributed by atoms with E-state index in [4.69, 9.17) is 5.73 Å². The quantitative estimate of drug-likeness (QED) is 0.772. The minimum Gasteiger partial charge on any atom is -0.399 e. The summed E-state index contributed by atoms with van der Waals surface area (Å²) in [7, 11) is 0. The van der Waals surface area contributed by atoms with Crippen molar-refractivity contribution in [2.45, 2.75) is 32.6 Å². The summed E-state index contributed by atoms with van der Waals surface area (Å²) in [5, 5.41) is 2.89. The fourth-order valence-corrected chi connectivity index (χ4v) is 2.26. The van der Waals surface area contributed by atoms with Crippen molar-refractivity contribution in [1.82, 2.24) is 0 Å². The second-order valence-electron chi connectivity index (χ2n) is 4.96. The van der Waals surface area contributed by atoms with Gasteiger partial charge in [0.05, 0.1) is 0 Å². The zero-order valence-electron chi connectivity index (χ0n) is 10.0. The molecule has 2 rings (SSSR count). The van der Waals surface area contributed by atoms with Gasteiger partial charge in [-0.25, -0.2) is 8.78 Å². The molecular formula is C13H18F2N2. The van der Waals surface area contributed by atoms with Crippen LogP contribution in [0, 0.1) is 17.0 Å². The van der Waals surface area contributed by atoms with E-state index in [1.54, 1.807) is 0 Å². The van der Waals surface area contributed by atoms with Gasteiger partial charge in [0.25, 0.3) is 0 Å². The molecule has 3 N–H and O–H groups in total. The van der Waals surface area contributed by atoms with Crippen LogP contribution in [0.1, 0.15) is 32.6 Å². The van der Waals surface area contributed by atoms with Crippen molar-refractivity contribution in [1.29, 1.82) is 0 Å². The Labute approximate surface area is 100 Å². The van der Waals surface area contributed by atoms with E-state index in [9.17, 15) is 8.78 Å². The number of halogens is 2. The molecule has 4 heteroatoms. The van der Waals surface area contributed by atoms with Gasteiger partial charge in [-0.15, -0.1) is 0 Å². The van der Waals surface area contributed by atoms with Crippen molar-refractivity contribution in [3.8, 4) is 0 Å². The SMILES string of the molecule is CCCC1(CNc2c(F)cc(N)cc2F)CC1. The van der Waals surface area contributed by atoms with Crippen LogP contribution in [0.2, 0.25) is 0 Å². The van der Waals surface area contributed by atoms with Crippen LogP contribution in [-0.4, -0.2) is 6.54 Å². The molecule has 2 nitrogen and oxygen atoms in total. The van der Waals surface area contributed by atoms with Gasteiger partial charge >= 0.3 is 0 Å². The maximum atomic E-state index is 13.5. The van der Waals surface area contributed by atoms with E-state index in [0.717, 1.165) is 37.8 Å². The van der Waals surface area contributed by atoms with Crippen LogP contribution < -0.4 is 11.1 Å². The molecule has 94 valence electrons. The van der Waals surface area contributed by atoms with Crippen molar-refractivity contribution in [3.05, 3.63) is 23.8 Å². The van der Waals surface area contributed by atoms with Crippen molar-refractivity contribution in [3.63, 3.8) is 0 Å². The molecule has 1 aromatic rings. The summed E-state index contributed by atoms with van der Waals surface area (Å²) in [6.45, 7) is 2.77. The molecule has 1 aromatic carbocycles. The molecule has 1 saturated carbocycles. The number of hydrogen-bond donors (Lipinski definition) is 2. The van der Waals surface area contributed by atoms with Gasteiger partial charge in [-0.2, -0.15) is 0 Å². The first-order valence-corrected chi connectivity index (χ1v) is 6.05. The molecule has 1 aliphatic rings. The molecular weight excluding hydrogens is 222 g/mol. The standard InChI is InChI=1S/C13H18F2N2/c1-2-3-13(4-5-13)8-17-12-10(14)6-9(16)7-11(12)15/h6-7,17H,2-5,8,16H2,1H3. The molecule has 1 fully saturated rings. The Morgan fingerprint density at radius 2 is 1.88 bits per heavy atom. The summed E-state index contributed by atoms with van der Waals surface area (Å²) in [5.74, 6) is -1.23. The van der Waals surface area contributed by atoms with E-state index in [-0.39, 0.29) is 16.8 Å². The Bertz CT molecular complexity index is 391. The predicted molar refractivity (Wildman–Crippen MR) is 65.8 cm³/mol. The second kappa shape index (κ2) is 4.51.